The predicted molar refractivity (Wildman–Crippen MR) is 103 cm³/mol. The van der Waals surface area contributed by atoms with E-state index in [0.717, 1.165) is 12.2 Å². The van der Waals surface area contributed by atoms with Crippen LogP contribution in [-0.2, 0) is 10.0 Å². The topological polar surface area (TPSA) is 46.6 Å². The van der Waals surface area contributed by atoms with Gasteiger partial charge in [0.2, 0.25) is 10.0 Å². The Kier molecular flexibility index (Phi) is 6.04. The molecule has 0 bridgehead atoms. The van der Waals surface area contributed by atoms with Gasteiger partial charge in [0, 0.05) is 24.1 Å². The number of ether oxygens (including phenoxy) is 1. The highest BCUT2D eigenvalue weighted by Gasteiger charge is 2.28. The van der Waals surface area contributed by atoms with Gasteiger partial charge in [-0.3, -0.25) is 0 Å². The molecule has 1 atom stereocenters. The molecule has 4 nitrogen and oxygen atoms in total. The Labute approximate surface area is 154 Å². The van der Waals surface area contributed by atoms with Crippen LogP contribution in [0.4, 0.5) is 0 Å². The van der Waals surface area contributed by atoms with Crippen molar-refractivity contribution in [3.63, 3.8) is 0 Å². The number of nitrogens with zero attached hydrogens (tertiary/aromatic N) is 1. The molecule has 6 heteroatoms. The smallest absolute Gasteiger partial charge is 0.243 e. The molecular weight excluding hydrogens is 354 g/mol. The summed E-state index contributed by atoms with van der Waals surface area (Å²) >= 11 is 1.84. The van der Waals surface area contributed by atoms with Crippen molar-refractivity contribution in [2.24, 2.45) is 0 Å². The van der Waals surface area contributed by atoms with Crippen LogP contribution in [0.2, 0.25) is 0 Å². The highest BCUT2D eigenvalue weighted by molar-refractivity contribution is 7.99. The van der Waals surface area contributed by atoms with Crippen molar-refractivity contribution in [3.8, 4) is 5.75 Å². The summed E-state index contributed by atoms with van der Waals surface area (Å²) in [6, 6.07) is 17.0. The highest BCUT2D eigenvalue weighted by Crippen LogP contribution is 2.35. The Morgan fingerprint density at radius 1 is 1.08 bits per heavy atom. The van der Waals surface area contributed by atoms with E-state index in [-0.39, 0.29) is 0 Å². The minimum Gasteiger partial charge on any atom is -0.494 e. The number of hydrogen-bond acceptors (Lipinski definition) is 4. The zero-order valence-electron chi connectivity index (χ0n) is 14.3. The molecule has 1 aliphatic rings. The van der Waals surface area contributed by atoms with E-state index < -0.39 is 10.0 Å². The summed E-state index contributed by atoms with van der Waals surface area (Å²) in [6.07, 6.45) is 0.824. The maximum atomic E-state index is 12.9. The van der Waals surface area contributed by atoms with Gasteiger partial charge >= 0.3 is 0 Å². The normalized spacial score (nSPS) is 19.3. The second-order valence-electron chi connectivity index (χ2n) is 5.87. The average molecular weight is 378 g/mol. The summed E-state index contributed by atoms with van der Waals surface area (Å²) in [5.41, 5.74) is 1.27. The number of sulfonamides is 1. The second-order valence-corrected chi connectivity index (χ2v) is 9.12. The second kappa shape index (κ2) is 8.25. The maximum absolute atomic E-state index is 12.9. The zero-order valence-corrected chi connectivity index (χ0v) is 15.9. The minimum atomic E-state index is -3.46. The SMILES string of the molecule is CCOc1ccc(S(=O)(=O)N2CCSC(c3ccccc3)CC2)cc1. The lowest BCUT2D eigenvalue weighted by Gasteiger charge is -2.20. The summed E-state index contributed by atoms with van der Waals surface area (Å²) in [6.45, 7) is 3.56. The van der Waals surface area contributed by atoms with E-state index in [1.54, 1.807) is 28.6 Å². The molecule has 134 valence electrons. The van der Waals surface area contributed by atoms with Crippen LogP contribution in [0.3, 0.4) is 0 Å². The van der Waals surface area contributed by atoms with Gasteiger partial charge in [0.1, 0.15) is 5.75 Å². The average Bonchev–Trinajstić information content (AvgIpc) is 2.90. The molecule has 1 heterocycles. The van der Waals surface area contributed by atoms with Crippen molar-refractivity contribution in [1.29, 1.82) is 0 Å². The van der Waals surface area contributed by atoms with Crippen molar-refractivity contribution >= 4 is 21.8 Å². The molecule has 0 aromatic heterocycles. The van der Waals surface area contributed by atoms with E-state index in [0.29, 0.717) is 35.6 Å². The Bertz CT molecular complexity index is 776. The molecule has 0 aliphatic carbocycles. The largest absolute Gasteiger partial charge is 0.494 e. The van der Waals surface area contributed by atoms with Gasteiger partial charge in [-0.15, -0.1) is 0 Å². The third kappa shape index (κ3) is 4.37. The fourth-order valence-electron chi connectivity index (χ4n) is 2.95. The lowest BCUT2D eigenvalue weighted by atomic mass is 10.1. The van der Waals surface area contributed by atoms with Crippen molar-refractivity contribution in [3.05, 3.63) is 60.2 Å². The molecule has 0 spiro atoms. The van der Waals surface area contributed by atoms with Crippen LogP contribution < -0.4 is 4.74 Å². The number of thioether (sulfide) groups is 1. The van der Waals surface area contributed by atoms with Gasteiger partial charge in [0.25, 0.3) is 0 Å². The molecule has 1 saturated heterocycles. The standard InChI is InChI=1S/C19H23NO3S2/c1-2-23-17-8-10-18(11-9-17)25(21,22)20-13-12-19(24-15-14-20)16-6-4-3-5-7-16/h3-11,19H,2,12-15H2,1H3. The highest BCUT2D eigenvalue weighted by atomic mass is 32.2. The summed E-state index contributed by atoms with van der Waals surface area (Å²) in [4.78, 5) is 0.333. The predicted octanol–water partition coefficient (Wildman–Crippen LogP) is 3.95. The molecule has 1 aliphatic heterocycles. The first-order chi connectivity index (χ1) is 12.1. The van der Waals surface area contributed by atoms with Gasteiger partial charge in [-0.2, -0.15) is 16.1 Å². The molecule has 25 heavy (non-hydrogen) atoms. The van der Waals surface area contributed by atoms with Crippen molar-refractivity contribution in [1.82, 2.24) is 4.31 Å². The monoisotopic (exact) mass is 377 g/mol. The number of benzene rings is 2. The molecule has 1 fully saturated rings. The van der Waals surface area contributed by atoms with Crippen LogP contribution >= 0.6 is 11.8 Å². The molecular formula is C19H23NO3S2. The molecule has 0 radical (unpaired) electrons. The third-order valence-corrected chi connectivity index (χ3v) is 7.49. The van der Waals surface area contributed by atoms with Crippen LogP contribution in [-0.4, -0.2) is 38.2 Å². The quantitative estimate of drug-likeness (QED) is 0.791. The number of rotatable bonds is 5. The van der Waals surface area contributed by atoms with E-state index >= 15 is 0 Å². The molecule has 0 amide bonds. The molecule has 3 rings (SSSR count). The Morgan fingerprint density at radius 2 is 1.80 bits per heavy atom. The van der Waals surface area contributed by atoms with E-state index in [9.17, 15) is 8.42 Å². The van der Waals surface area contributed by atoms with Crippen LogP contribution in [0.25, 0.3) is 0 Å². The summed E-state index contributed by atoms with van der Waals surface area (Å²) in [5, 5.41) is 0.349. The molecule has 0 N–H and O–H groups in total. The fourth-order valence-corrected chi connectivity index (χ4v) is 5.75. The molecule has 0 saturated carbocycles. The van der Waals surface area contributed by atoms with Gasteiger partial charge in [-0.25, -0.2) is 8.42 Å². The minimum absolute atomic E-state index is 0.333. The Hall–Kier alpha value is -1.50. The fraction of sp³-hybridized carbons (Fsp3) is 0.368. The summed E-state index contributed by atoms with van der Waals surface area (Å²) < 4.78 is 32.9. The van der Waals surface area contributed by atoms with Crippen LogP contribution in [0, 0.1) is 0 Å². The Morgan fingerprint density at radius 3 is 2.48 bits per heavy atom. The maximum Gasteiger partial charge on any atom is 0.243 e. The van der Waals surface area contributed by atoms with Crippen LogP contribution in [0.1, 0.15) is 24.2 Å². The van der Waals surface area contributed by atoms with Gasteiger partial charge in [0.05, 0.1) is 11.5 Å². The Balaban J connectivity index is 1.72. The van der Waals surface area contributed by atoms with Crippen LogP contribution in [0.5, 0.6) is 5.75 Å². The van der Waals surface area contributed by atoms with Crippen molar-refractivity contribution in [2.75, 3.05) is 25.4 Å². The first-order valence-electron chi connectivity index (χ1n) is 8.51. The van der Waals surface area contributed by atoms with E-state index in [4.69, 9.17) is 4.74 Å². The van der Waals surface area contributed by atoms with Gasteiger partial charge < -0.3 is 4.74 Å². The lowest BCUT2D eigenvalue weighted by Crippen LogP contribution is -2.33. The van der Waals surface area contributed by atoms with Crippen molar-refractivity contribution in [2.45, 2.75) is 23.5 Å². The van der Waals surface area contributed by atoms with E-state index in [1.165, 1.54) is 5.56 Å². The van der Waals surface area contributed by atoms with Gasteiger partial charge in [0.15, 0.2) is 0 Å². The first kappa shape index (κ1) is 18.3. The third-order valence-electron chi connectivity index (χ3n) is 4.24. The van der Waals surface area contributed by atoms with Gasteiger partial charge in [-0.1, -0.05) is 30.3 Å². The lowest BCUT2D eigenvalue weighted by molar-refractivity contribution is 0.340. The van der Waals surface area contributed by atoms with E-state index in [1.807, 2.05) is 36.9 Å². The molecule has 2 aromatic rings. The zero-order chi connectivity index (χ0) is 17.7. The van der Waals surface area contributed by atoms with Gasteiger partial charge in [-0.05, 0) is 43.2 Å². The summed E-state index contributed by atoms with van der Waals surface area (Å²) in [7, 11) is -3.46. The van der Waals surface area contributed by atoms with E-state index in [2.05, 4.69) is 12.1 Å². The molecule has 1 unspecified atom stereocenters. The van der Waals surface area contributed by atoms with Crippen LogP contribution in [0.15, 0.2) is 59.5 Å². The van der Waals surface area contributed by atoms with Crippen molar-refractivity contribution < 1.29 is 13.2 Å². The first-order valence-corrected chi connectivity index (χ1v) is 11.0. The summed E-state index contributed by atoms with van der Waals surface area (Å²) in [5.74, 6) is 1.49. The number of hydrogen-bond donors (Lipinski definition) is 0. The molecule has 2 aromatic carbocycles.